The summed E-state index contributed by atoms with van der Waals surface area (Å²) in [4.78, 5) is 30.0. The second-order valence-corrected chi connectivity index (χ2v) is 12.8. The summed E-state index contributed by atoms with van der Waals surface area (Å²) in [7, 11) is 4.85. The molecule has 8 heteroatoms. The van der Waals surface area contributed by atoms with E-state index in [-0.39, 0.29) is 30.9 Å². The monoisotopic (exact) mass is 532 g/mol. The van der Waals surface area contributed by atoms with Crippen LogP contribution >= 0.6 is 12.4 Å². The number of likely N-dealkylation sites (N-methyl/N-ethyl adjacent to an activating group) is 2. The van der Waals surface area contributed by atoms with Gasteiger partial charge >= 0.3 is 8.80 Å². The molecule has 0 aromatic carbocycles. The van der Waals surface area contributed by atoms with E-state index in [0.717, 1.165) is 17.6 Å². The van der Waals surface area contributed by atoms with Crippen LogP contribution in [0.2, 0.25) is 6.04 Å². The van der Waals surface area contributed by atoms with Crippen LogP contribution in [0.15, 0.2) is 0 Å². The maximum Gasteiger partial charge on any atom is 0.492 e. The summed E-state index contributed by atoms with van der Waals surface area (Å²) in [5.41, 5.74) is 0. The molecule has 0 aliphatic heterocycles. The van der Waals surface area contributed by atoms with E-state index in [0.29, 0.717) is 12.5 Å². The van der Waals surface area contributed by atoms with E-state index in [4.69, 9.17) is 0 Å². The van der Waals surface area contributed by atoms with Crippen molar-refractivity contribution in [1.29, 1.82) is 0 Å². The summed E-state index contributed by atoms with van der Waals surface area (Å²) in [6, 6.07) is 0.687. The first-order chi connectivity index (χ1) is 14.6. The Balaban J connectivity index is -0.00000450. The zero-order valence-corrected chi connectivity index (χ0v) is 25.1. The van der Waals surface area contributed by atoms with Crippen LogP contribution in [0.4, 0.5) is 0 Å². The van der Waals surface area contributed by atoms with Crippen LogP contribution in [0.1, 0.15) is 110 Å². The molecule has 0 aromatic heterocycles. The third-order valence-corrected chi connectivity index (χ3v) is 7.63. The van der Waals surface area contributed by atoms with Gasteiger partial charge in [0.1, 0.15) is 0 Å². The van der Waals surface area contributed by atoms with Crippen molar-refractivity contribution in [2.45, 2.75) is 122 Å². The second-order valence-electron chi connectivity index (χ2n) is 10.7. The van der Waals surface area contributed by atoms with Crippen LogP contribution in [0.25, 0.3) is 0 Å². The standard InChI is InChI=1S/C25H57N2O3Si.2ClH/c1-6-7-8-9-10-11-12-13-14-15-16-17-18-19-21-25(26(2)3)24-27(4,5)22-20-23-31(28,29)30;;/h25,28-30H,6-24H2,1-5H3;2*1H/q+1;;/p-1. The van der Waals surface area contributed by atoms with Gasteiger partial charge in [0, 0.05) is 12.5 Å². The van der Waals surface area contributed by atoms with Crippen LogP contribution in [0.3, 0.4) is 0 Å². The smallest absolute Gasteiger partial charge is 0.492 e. The van der Waals surface area contributed by atoms with E-state index in [1.807, 2.05) is 0 Å². The van der Waals surface area contributed by atoms with E-state index >= 15 is 0 Å². The quantitative estimate of drug-likeness (QED) is 0.114. The number of rotatable bonds is 22. The molecule has 5 nitrogen and oxygen atoms in total. The Hall–Kier alpha value is 0.597. The molecule has 3 N–H and O–H groups in total. The van der Waals surface area contributed by atoms with E-state index < -0.39 is 8.80 Å². The summed E-state index contributed by atoms with van der Waals surface area (Å²) in [6.07, 6.45) is 21.5. The van der Waals surface area contributed by atoms with Crippen molar-refractivity contribution >= 4 is 21.2 Å². The van der Waals surface area contributed by atoms with Gasteiger partial charge in [-0.05, 0) is 20.5 Å². The number of hydrogen-bond donors (Lipinski definition) is 3. The largest absolute Gasteiger partial charge is 1.00 e. The number of halogens is 2. The molecule has 204 valence electrons. The third-order valence-electron chi connectivity index (χ3n) is 6.60. The Bertz CT molecular complexity index is 412. The number of unbranched alkanes of at least 4 members (excludes halogenated alkanes) is 13. The summed E-state index contributed by atoms with van der Waals surface area (Å²) < 4.78 is 0.853. The van der Waals surface area contributed by atoms with E-state index in [9.17, 15) is 14.4 Å². The zero-order valence-electron chi connectivity index (χ0n) is 22.5. The van der Waals surface area contributed by atoms with Gasteiger partial charge in [-0.3, -0.25) is 0 Å². The highest BCUT2D eigenvalue weighted by Gasteiger charge is 2.29. The van der Waals surface area contributed by atoms with Crippen LogP contribution in [0, 0.1) is 0 Å². The van der Waals surface area contributed by atoms with Gasteiger partial charge in [0.25, 0.3) is 0 Å². The zero-order chi connectivity index (χ0) is 23.6. The van der Waals surface area contributed by atoms with Gasteiger partial charge in [-0.1, -0.05) is 96.8 Å². The van der Waals surface area contributed by atoms with Crippen LogP contribution in [-0.2, 0) is 0 Å². The lowest BCUT2D eigenvalue weighted by atomic mass is 10.0. The minimum Gasteiger partial charge on any atom is -1.00 e. The maximum atomic E-state index is 9.21. The van der Waals surface area contributed by atoms with Crippen molar-refractivity contribution in [1.82, 2.24) is 4.90 Å². The molecule has 0 rings (SSSR count). The first-order valence-electron chi connectivity index (χ1n) is 13.2. The van der Waals surface area contributed by atoms with Gasteiger partial charge in [-0.2, -0.15) is 0 Å². The number of hydrogen-bond acceptors (Lipinski definition) is 4. The van der Waals surface area contributed by atoms with Gasteiger partial charge < -0.3 is 36.2 Å². The topological polar surface area (TPSA) is 63.9 Å². The normalized spacial score (nSPS) is 13.0. The van der Waals surface area contributed by atoms with Crippen molar-refractivity contribution in [3.05, 3.63) is 0 Å². The molecule has 0 aromatic rings. The lowest BCUT2D eigenvalue weighted by Crippen LogP contribution is -3.00. The SMILES string of the molecule is CCCCCCCCCCCCCCCCC(C[N+](C)(C)CCC[Si](O)(O)O)N(C)C.Cl.[Cl-]. The molecule has 1 unspecified atom stereocenters. The molecule has 0 saturated heterocycles. The lowest BCUT2D eigenvalue weighted by Gasteiger charge is -2.36. The summed E-state index contributed by atoms with van der Waals surface area (Å²) in [5, 5.41) is 0. The lowest BCUT2D eigenvalue weighted by molar-refractivity contribution is -0.892. The molecular formula is C25H58Cl2N2O3Si. The summed E-state index contributed by atoms with van der Waals surface area (Å²) >= 11 is 0. The highest BCUT2D eigenvalue weighted by Crippen LogP contribution is 2.16. The second kappa shape index (κ2) is 23.0. The average Bonchev–Trinajstić information content (AvgIpc) is 2.65. The molecule has 0 amide bonds. The Morgan fingerprint density at radius 1 is 0.697 bits per heavy atom. The van der Waals surface area contributed by atoms with Crippen molar-refractivity contribution in [2.24, 2.45) is 0 Å². The Morgan fingerprint density at radius 3 is 1.45 bits per heavy atom. The molecule has 0 saturated carbocycles. The van der Waals surface area contributed by atoms with E-state index in [1.165, 1.54) is 96.3 Å². The maximum absolute atomic E-state index is 9.21. The van der Waals surface area contributed by atoms with Crippen LogP contribution < -0.4 is 12.4 Å². The van der Waals surface area contributed by atoms with E-state index in [2.05, 4.69) is 40.0 Å². The van der Waals surface area contributed by atoms with Crippen molar-refractivity contribution in [3.8, 4) is 0 Å². The van der Waals surface area contributed by atoms with Crippen molar-refractivity contribution < 1.29 is 31.3 Å². The molecule has 0 heterocycles. The van der Waals surface area contributed by atoms with Crippen molar-refractivity contribution in [2.75, 3.05) is 41.3 Å². The minimum absolute atomic E-state index is 0. The van der Waals surface area contributed by atoms with E-state index in [1.54, 1.807) is 0 Å². The van der Waals surface area contributed by atoms with Crippen LogP contribution in [-0.4, -0.2) is 79.9 Å². The fourth-order valence-corrected chi connectivity index (χ4v) is 5.13. The summed E-state index contributed by atoms with van der Waals surface area (Å²) in [6.45, 7) is 4.20. The molecule has 1 atom stereocenters. The Kier molecular flexibility index (Phi) is 26.6. The third kappa shape index (κ3) is 27.0. The fraction of sp³-hybridized carbons (Fsp3) is 1.00. The van der Waals surface area contributed by atoms with Crippen molar-refractivity contribution in [3.63, 3.8) is 0 Å². The first-order valence-corrected chi connectivity index (χ1v) is 15.3. The highest BCUT2D eigenvalue weighted by molar-refractivity contribution is 6.56. The summed E-state index contributed by atoms with van der Waals surface area (Å²) in [5.74, 6) is 0. The van der Waals surface area contributed by atoms with Gasteiger partial charge in [-0.25, -0.2) is 0 Å². The predicted molar refractivity (Wildman–Crippen MR) is 143 cm³/mol. The highest BCUT2D eigenvalue weighted by atomic mass is 35.5. The minimum atomic E-state index is -3.89. The average molecular weight is 534 g/mol. The first kappa shape index (κ1) is 38.1. The number of nitrogens with zero attached hydrogens (tertiary/aromatic N) is 2. The Morgan fingerprint density at radius 2 is 1.09 bits per heavy atom. The molecule has 33 heavy (non-hydrogen) atoms. The number of quaternary nitrogens is 1. The fourth-order valence-electron chi connectivity index (χ4n) is 4.49. The predicted octanol–water partition coefficient (Wildman–Crippen LogP) is 2.60. The van der Waals surface area contributed by atoms with Gasteiger partial charge in [0.2, 0.25) is 0 Å². The molecule has 0 aliphatic rings. The molecule has 0 aliphatic carbocycles. The van der Waals surface area contributed by atoms with Gasteiger partial charge in [0.15, 0.2) is 0 Å². The molecule has 0 spiro atoms. The molecule has 0 fully saturated rings. The molecule has 0 bridgehead atoms. The Labute approximate surface area is 220 Å². The molecule has 0 radical (unpaired) electrons. The van der Waals surface area contributed by atoms with Crippen LogP contribution in [0.5, 0.6) is 0 Å². The molecular weight excluding hydrogens is 475 g/mol. The van der Waals surface area contributed by atoms with Gasteiger partial charge in [-0.15, -0.1) is 12.4 Å². The van der Waals surface area contributed by atoms with Gasteiger partial charge in [0.05, 0.1) is 33.2 Å².